The first-order chi connectivity index (χ1) is 16.5. The number of carbonyl (C=O) groups is 1. The second-order valence-electron chi connectivity index (χ2n) is 9.45. The zero-order chi connectivity index (χ0) is 23.5. The summed E-state index contributed by atoms with van der Waals surface area (Å²) in [4.78, 5) is 23.1. The van der Waals surface area contributed by atoms with Crippen molar-refractivity contribution in [2.75, 3.05) is 51.1 Å². The molecule has 3 aromatic rings. The quantitative estimate of drug-likeness (QED) is 0.484. The van der Waals surface area contributed by atoms with Crippen LogP contribution in [0.4, 0.5) is 10.5 Å². The van der Waals surface area contributed by atoms with Crippen LogP contribution >= 0.6 is 23.2 Å². The Hall–Kier alpha value is -2.25. The molecule has 180 valence electrons. The molecular weight excluding hydrogens is 469 g/mol. The molecule has 0 aliphatic carbocycles. The highest BCUT2D eigenvalue weighted by atomic mass is 35.5. The summed E-state index contributed by atoms with van der Waals surface area (Å²) in [7, 11) is 0. The third kappa shape index (κ3) is 5.52. The molecule has 5 rings (SSSR count). The fourth-order valence-electron chi connectivity index (χ4n) is 5.22. The van der Waals surface area contributed by atoms with E-state index in [1.807, 2.05) is 4.90 Å². The van der Waals surface area contributed by atoms with Crippen molar-refractivity contribution in [3.63, 3.8) is 0 Å². The van der Waals surface area contributed by atoms with Crippen LogP contribution in [0.5, 0.6) is 0 Å². The predicted octanol–water partition coefficient (Wildman–Crippen LogP) is 5.54. The van der Waals surface area contributed by atoms with Gasteiger partial charge in [-0.3, -0.25) is 9.80 Å². The van der Waals surface area contributed by atoms with Gasteiger partial charge in [-0.2, -0.15) is 0 Å². The third-order valence-electron chi connectivity index (χ3n) is 7.02. The number of likely N-dealkylation sites (tertiary alicyclic amines) is 1. The van der Waals surface area contributed by atoms with Gasteiger partial charge in [0.15, 0.2) is 0 Å². The zero-order valence-electron chi connectivity index (χ0n) is 19.3. The van der Waals surface area contributed by atoms with E-state index in [1.165, 1.54) is 35.9 Å². The number of carbonyl (C=O) groups excluding carboxylic acids is 1. The number of rotatable bonds is 5. The van der Waals surface area contributed by atoms with Crippen LogP contribution < -0.4 is 5.32 Å². The summed E-state index contributed by atoms with van der Waals surface area (Å²) in [5.74, 6) is 0.676. The number of nitrogens with one attached hydrogen (secondary N) is 2. The molecule has 2 fully saturated rings. The van der Waals surface area contributed by atoms with Crippen molar-refractivity contribution in [1.29, 1.82) is 0 Å². The van der Waals surface area contributed by atoms with Crippen LogP contribution in [-0.2, 0) is 6.54 Å². The molecule has 0 spiro atoms. The van der Waals surface area contributed by atoms with Gasteiger partial charge in [0, 0.05) is 68.6 Å². The number of piperazine rings is 1. The van der Waals surface area contributed by atoms with Crippen LogP contribution in [-0.4, -0.2) is 71.5 Å². The lowest BCUT2D eigenvalue weighted by Crippen LogP contribution is -2.52. The normalized spacial score (nSPS) is 20.1. The van der Waals surface area contributed by atoms with Gasteiger partial charge in [0.05, 0.1) is 10.0 Å². The second-order valence-corrected chi connectivity index (χ2v) is 10.3. The number of aromatic amines is 1. The number of fused-ring (bicyclic) bond motifs is 1. The van der Waals surface area contributed by atoms with Gasteiger partial charge in [-0.05, 0) is 55.1 Å². The van der Waals surface area contributed by atoms with Gasteiger partial charge >= 0.3 is 6.03 Å². The highest BCUT2D eigenvalue weighted by Gasteiger charge is 2.26. The zero-order valence-corrected chi connectivity index (χ0v) is 20.8. The lowest BCUT2D eigenvalue weighted by Gasteiger charge is -2.39. The number of hydrogen-bond acceptors (Lipinski definition) is 3. The van der Waals surface area contributed by atoms with Gasteiger partial charge in [0.2, 0.25) is 0 Å². The van der Waals surface area contributed by atoms with E-state index in [4.69, 9.17) is 23.2 Å². The Labute approximate surface area is 210 Å². The maximum Gasteiger partial charge on any atom is 0.321 e. The average Bonchev–Trinajstić information content (AvgIpc) is 3.25. The average molecular weight is 500 g/mol. The van der Waals surface area contributed by atoms with E-state index in [1.54, 1.807) is 18.2 Å². The molecule has 2 aromatic carbocycles. The number of anilines is 1. The van der Waals surface area contributed by atoms with Gasteiger partial charge in [0.1, 0.15) is 0 Å². The molecule has 2 aliphatic rings. The van der Waals surface area contributed by atoms with Gasteiger partial charge < -0.3 is 15.2 Å². The van der Waals surface area contributed by atoms with Gasteiger partial charge in [-0.15, -0.1) is 0 Å². The molecule has 34 heavy (non-hydrogen) atoms. The number of amides is 2. The largest absolute Gasteiger partial charge is 0.361 e. The van der Waals surface area contributed by atoms with E-state index < -0.39 is 0 Å². The van der Waals surface area contributed by atoms with Gasteiger partial charge in [-0.1, -0.05) is 41.4 Å². The van der Waals surface area contributed by atoms with Crippen LogP contribution in [0.15, 0.2) is 48.7 Å². The lowest BCUT2D eigenvalue weighted by atomic mass is 9.96. The molecule has 1 atom stereocenters. The number of halogens is 2. The number of para-hydroxylation sites is 1. The smallest absolute Gasteiger partial charge is 0.321 e. The first-order valence-corrected chi connectivity index (χ1v) is 12.8. The molecule has 0 saturated carbocycles. The van der Waals surface area contributed by atoms with E-state index in [9.17, 15) is 4.79 Å². The van der Waals surface area contributed by atoms with Crippen molar-refractivity contribution in [3.8, 4) is 0 Å². The van der Waals surface area contributed by atoms with Crippen molar-refractivity contribution >= 4 is 45.8 Å². The fourth-order valence-corrected chi connectivity index (χ4v) is 5.52. The van der Waals surface area contributed by atoms with E-state index in [0.29, 0.717) is 21.7 Å². The Balaban J connectivity index is 1.09. The fraction of sp³-hybridized carbons (Fsp3) is 0.423. The summed E-state index contributed by atoms with van der Waals surface area (Å²) in [5.41, 5.74) is 3.27. The Kier molecular flexibility index (Phi) is 7.30. The predicted molar refractivity (Wildman–Crippen MR) is 140 cm³/mol. The number of piperidine rings is 1. The number of hydrogen-bond donors (Lipinski definition) is 2. The van der Waals surface area contributed by atoms with E-state index in [2.05, 4.69) is 50.6 Å². The molecule has 1 aromatic heterocycles. The molecule has 2 aliphatic heterocycles. The van der Waals surface area contributed by atoms with Crippen LogP contribution in [0.25, 0.3) is 10.9 Å². The van der Waals surface area contributed by atoms with Crippen molar-refractivity contribution in [2.24, 2.45) is 5.92 Å². The van der Waals surface area contributed by atoms with Crippen LogP contribution in [0.2, 0.25) is 10.0 Å². The van der Waals surface area contributed by atoms with Gasteiger partial charge in [-0.25, -0.2) is 4.79 Å². The molecular formula is C26H31Cl2N5O. The molecule has 3 heterocycles. The van der Waals surface area contributed by atoms with Crippen molar-refractivity contribution in [2.45, 2.75) is 19.4 Å². The Morgan fingerprint density at radius 3 is 2.65 bits per heavy atom. The monoisotopic (exact) mass is 499 g/mol. The minimum absolute atomic E-state index is 0.0828. The molecule has 2 saturated heterocycles. The molecule has 0 radical (unpaired) electrons. The highest BCUT2D eigenvalue weighted by Crippen LogP contribution is 2.26. The van der Waals surface area contributed by atoms with E-state index in [-0.39, 0.29) is 6.03 Å². The second kappa shape index (κ2) is 10.6. The third-order valence-corrected chi connectivity index (χ3v) is 7.76. The summed E-state index contributed by atoms with van der Waals surface area (Å²) in [6.45, 7) is 7.70. The summed E-state index contributed by atoms with van der Waals surface area (Å²) in [6.07, 6.45) is 4.69. The topological polar surface area (TPSA) is 54.6 Å². The van der Waals surface area contributed by atoms with E-state index in [0.717, 1.165) is 45.8 Å². The first kappa shape index (κ1) is 23.5. The Morgan fingerprint density at radius 2 is 1.82 bits per heavy atom. The van der Waals surface area contributed by atoms with Crippen molar-refractivity contribution in [1.82, 2.24) is 19.7 Å². The summed E-state index contributed by atoms with van der Waals surface area (Å²) in [5, 5.41) is 5.19. The van der Waals surface area contributed by atoms with Crippen LogP contribution in [0.1, 0.15) is 18.4 Å². The van der Waals surface area contributed by atoms with Gasteiger partial charge in [0.25, 0.3) is 0 Å². The minimum atomic E-state index is -0.0828. The molecule has 2 amide bonds. The van der Waals surface area contributed by atoms with Crippen LogP contribution in [0.3, 0.4) is 0 Å². The number of benzene rings is 2. The number of H-pyrrole nitrogens is 1. The van der Waals surface area contributed by atoms with Crippen LogP contribution in [0, 0.1) is 5.92 Å². The molecule has 6 nitrogen and oxygen atoms in total. The van der Waals surface area contributed by atoms with Crippen molar-refractivity contribution in [3.05, 3.63) is 64.3 Å². The highest BCUT2D eigenvalue weighted by molar-refractivity contribution is 6.42. The first-order valence-electron chi connectivity index (χ1n) is 12.1. The lowest BCUT2D eigenvalue weighted by molar-refractivity contribution is 0.0986. The Morgan fingerprint density at radius 1 is 1.00 bits per heavy atom. The van der Waals surface area contributed by atoms with E-state index >= 15 is 0 Å². The maximum absolute atomic E-state index is 12.7. The number of nitrogens with zero attached hydrogens (tertiary/aromatic N) is 3. The number of urea groups is 1. The summed E-state index contributed by atoms with van der Waals surface area (Å²) >= 11 is 12.0. The van der Waals surface area contributed by atoms with Crippen molar-refractivity contribution < 1.29 is 4.79 Å². The molecule has 0 bridgehead atoms. The maximum atomic E-state index is 12.7. The minimum Gasteiger partial charge on any atom is -0.361 e. The summed E-state index contributed by atoms with van der Waals surface area (Å²) < 4.78 is 0. The number of aromatic nitrogens is 1. The Bertz CT molecular complexity index is 1140. The standard InChI is InChI=1S/C26H31Cl2N5O/c27-23-8-7-21(14-24(23)28)30-26(34)33-12-10-31(11-13-33)16-19-4-3-9-32(17-19)18-20-15-29-25-6-2-1-5-22(20)25/h1-2,5-8,14-15,19,29H,3-4,9-13,16-18H2,(H,30,34)/t19-/m0/s1. The molecule has 8 heteroatoms. The molecule has 2 N–H and O–H groups in total. The SMILES string of the molecule is O=C(Nc1ccc(Cl)c(Cl)c1)N1CCN(C[C@@H]2CCCN(Cc3c[nH]c4ccccc34)C2)CC1. The molecule has 0 unspecified atom stereocenters. The summed E-state index contributed by atoms with van der Waals surface area (Å²) in [6, 6.07) is 13.6.